The van der Waals surface area contributed by atoms with E-state index in [2.05, 4.69) is 5.92 Å². The van der Waals surface area contributed by atoms with Crippen molar-refractivity contribution in [2.75, 3.05) is 13.6 Å². The molecule has 0 saturated heterocycles. The van der Waals surface area contributed by atoms with E-state index < -0.39 is 15.8 Å². The lowest BCUT2D eigenvalue weighted by Crippen LogP contribution is -2.27. The predicted molar refractivity (Wildman–Crippen MR) is 59.8 cm³/mol. The van der Waals surface area contributed by atoms with Crippen LogP contribution in [0.5, 0.6) is 0 Å². The third kappa shape index (κ3) is 2.60. The van der Waals surface area contributed by atoms with E-state index in [1.54, 1.807) is 6.92 Å². The van der Waals surface area contributed by atoms with E-state index in [9.17, 15) is 12.8 Å². The summed E-state index contributed by atoms with van der Waals surface area (Å²) >= 11 is 0. The fourth-order valence-corrected chi connectivity index (χ4v) is 2.45. The van der Waals surface area contributed by atoms with Gasteiger partial charge in [-0.05, 0) is 30.7 Å². The van der Waals surface area contributed by atoms with Gasteiger partial charge in [0.2, 0.25) is 10.0 Å². The number of halogens is 1. The van der Waals surface area contributed by atoms with Crippen LogP contribution in [0.3, 0.4) is 0 Å². The smallest absolute Gasteiger partial charge is 0.207 e. The molecule has 0 aliphatic heterocycles. The fourth-order valence-electron chi connectivity index (χ4n) is 1.25. The van der Waals surface area contributed by atoms with Crippen LogP contribution in [0, 0.1) is 25.1 Å². The molecule has 0 fully saturated rings. The van der Waals surface area contributed by atoms with E-state index >= 15 is 0 Å². The van der Waals surface area contributed by atoms with Crippen molar-refractivity contribution in [2.24, 2.45) is 0 Å². The van der Waals surface area contributed by atoms with Crippen LogP contribution >= 0.6 is 0 Å². The van der Waals surface area contributed by atoms with E-state index in [0.29, 0.717) is 5.56 Å². The zero-order chi connectivity index (χ0) is 12.3. The molecule has 3 nitrogen and oxygen atoms in total. The minimum atomic E-state index is -3.70. The minimum absolute atomic E-state index is 0.0438. The van der Waals surface area contributed by atoms with Crippen molar-refractivity contribution >= 4 is 10.0 Å². The van der Waals surface area contributed by atoms with Gasteiger partial charge in [-0.15, -0.1) is 6.42 Å². The van der Waals surface area contributed by atoms with Gasteiger partial charge in [-0.25, -0.2) is 12.8 Å². The Morgan fingerprint density at radius 3 is 2.56 bits per heavy atom. The lowest BCUT2D eigenvalue weighted by atomic mass is 10.2. The topological polar surface area (TPSA) is 37.4 Å². The van der Waals surface area contributed by atoms with E-state index in [0.717, 1.165) is 10.4 Å². The summed E-state index contributed by atoms with van der Waals surface area (Å²) in [5.41, 5.74) is 0.549. The highest BCUT2D eigenvalue weighted by atomic mass is 32.2. The third-order valence-corrected chi connectivity index (χ3v) is 3.82. The highest BCUT2D eigenvalue weighted by Crippen LogP contribution is 2.17. The van der Waals surface area contributed by atoms with Crippen LogP contribution in [0.15, 0.2) is 23.1 Å². The van der Waals surface area contributed by atoms with Crippen molar-refractivity contribution in [3.63, 3.8) is 0 Å². The molecule has 0 N–H and O–H groups in total. The van der Waals surface area contributed by atoms with Crippen LogP contribution in [0.1, 0.15) is 5.56 Å². The van der Waals surface area contributed by atoms with Crippen molar-refractivity contribution in [3.05, 3.63) is 29.6 Å². The molecule has 86 valence electrons. The third-order valence-electron chi connectivity index (χ3n) is 2.04. The molecule has 1 aromatic rings. The van der Waals surface area contributed by atoms with E-state index in [4.69, 9.17) is 6.42 Å². The number of terminal acetylenes is 1. The number of hydrogen-bond donors (Lipinski definition) is 0. The zero-order valence-corrected chi connectivity index (χ0v) is 9.88. The molecule has 0 atom stereocenters. The molecule has 0 heterocycles. The molecule has 5 heteroatoms. The summed E-state index contributed by atoms with van der Waals surface area (Å²) in [6.07, 6.45) is 5.03. The Bertz CT molecular complexity index is 511. The molecule has 0 bridgehead atoms. The maximum Gasteiger partial charge on any atom is 0.243 e. The molecule has 0 aliphatic carbocycles. The summed E-state index contributed by atoms with van der Waals surface area (Å²) in [4.78, 5) is -0.0808. The lowest BCUT2D eigenvalue weighted by molar-refractivity contribution is 0.501. The fraction of sp³-hybridized carbons (Fsp3) is 0.273. The second kappa shape index (κ2) is 4.64. The van der Waals surface area contributed by atoms with Crippen LogP contribution in [0.4, 0.5) is 4.39 Å². The van der Waals surface area contributed by atoms with Gasteiger partial charge in [-0.2, -0.15) is 4.31 Å². The molecule has 16 heavy (non-hydrogen) atoms. The first-order chi connectivity index (χ1) is 7.37. The maximum absolute atomic E-state index is 13.1. The van der Waals surface area contributed by atoms with Gasteiger partial charge >= 0.3 is 0 Å². The van der Waals surface area contributed by atoms with Crippen molar-refractivity contribution in [1.82, 2.24) is 4.31 Å². The summed E-state index contributed by atoms with van der Waals surface area (Å²) in [5, 5.41) is 0. The summed E-state index contributed by atoms with van der Waals surface area (Å²) in [6.45, 7) is 1.58. The van der Waals surface area contributed by atoms with Gasteiger partial charge in [0.25, 0.3) is 0 Å². The number of hydrogen-bond acceptors (Lipinski definition) is 2. The predicted octanol–water partition coefficient (Wildman–Crippen LogP) is 1.39. The Labute approximate surface area is 94.9 Å². The monoisotopic (exact) mass is 241 g/mol. The van der Waals surface area contributed by atoms with Gasteiger partial charge in [-0.1, -0.05) is 5.92 Å². The Morgan fingerprint density at radius 2 is 2.06 bits per heavy atom. The van der Waals surface area contributed by atoms with E-state index in [-0.39, 0.29) is 11.4 Å². The molecular formula is C11H12FNO2S. The summed E-state index contributed by atoms with van der Waals surface area (Å²) in [5.74, 6) is 1.65. The van der Waals surface area contributed by atoms with Gasteiger partial charge in [0.1, 0.15) is 5.82 Å². The van der Waals surface area contributed by atoms with E-state index in [1.807, 2.05) is 0 Å². The van der Waals surface area contributed by atoms with Crippen molar-refractivity contribution in [1.29, 1.82) is 0 Å². The molecule has 0 amide bonds. The number of rotatable bonds is 3. The molecular weight excluding hydrogens is 229 g/mol. The number of aryl methyl sites for hydroxylation is 1. The van der Waals surface area contributed by atoms with Crippen LogP contribution in [-0.2, 0) is 10.0 Å². The Kier molecular flexibility index (Phi) is 3.68. The molecule has 1 rings (SSSR count). The average molecular weight is 241 g/mol. The first kappa shape index (κ1) is 12.7. The normalized spacial score (nSPS) is 11.4. The van der Waals surface area contributed by atoms with E-state index in [1.165, 1.54) is 19.2 Å². The van der Waals surface area contributed by atoms with Gasteiger partial charge in [0.15, 0.2) is 0 Å². The van der Waals surface area contributed by atoms with Gasteiger partial charge in [0, 0.05) is 7.05 Å². The van der Waals surface area contributed by atoms with Gasteiger partial charge in [-0.3, -0.25) is 0 Å². The highest BCUT2D eigenvalue weighted by Gasteiger charge is 2.20. The maximum atomic E-state index is 13.1. The highest BCUT2D eigenvalue weighted by molar-refractivity contribution is 7.89. The molecule has 0 aromatic heterocycles. The second-order valence-corrected chi connectivity index (χ2v) is 5.47. The molecule has 1 aromatic carbocycles. The number of nitrogens with zero attached hydrogens (tertiary/aromatic N) is 1. The summed E-state index contributed by atoms with van der Waals surface area (Å²) in [7, 11) is -2.34. The summed E-state index contributed by atoms with van der Waals surface area (Å²) < 4.78 is 37.9. The van der Waals surface area contributed by atoms with Crippen LogP contribution in [0.25, 0.3) is 0 Å². The largest absolute Gasteiger partial charge is 0.243 e. The second-order valence-electron chi connectivity index (χ2n) is 3.43. The van der Waals surface area contributed by atoms with Crippen LogP contribution < -0.4 is 0 Å². The van der Waals surface area contributed by atoms with Gasteiger partial charge < -0.3 is 0 Å². The van der Waals surface area contributed by atoms with Crippen molar-refractivity contribution < 1.29 is 12.8 Å². The van der Waals surface area contributed by atoms with Crippen molar-refractivity contribution in [2.45, 2.75) is 11.8 Å². The van der Waals surface area contributed by atoms with Crippen LogP contribution in [-0.4, -0.2) is 26.3 Å². The first-order valence-corrected chi connectivity index (χ1v) is 5.99. The zero-order valence-electron chi connectivity index (χ0n) is 9.07. The number of benzene rings is 1. The summed E-state index contributed by atoms with van der Waals surface area (Å²) in [6, 6.07) is 3.65. The van der Waals surface area contributed by atoms with Crippen LogP contribution in [0.2, 0.25) is 0 Å². The number of sulfonamides is 1. The van der Waals surface area contributed by atoms with Gasteiger partial charge in [0.05, 0.1) is 11.4 Å². The lowest BCUT2D eigenvalue weighted by Gasteiger charge is -2.14. The minimum Gasteiger partial charge on any atom is -0.207 e. The Morgan fingerprint density at radius 1 is 1.44 bits per heavy atom. The Balaban J connectivity index is 3.23. The first-order valence-electron chi connectivity index (χ1n) is 4.55. The SMILES string of the molecule is C#CCN(C)S(=O)(=O)c1cc(C)cc(F)c1. The van der Waals surface area contributed by atoms with Crippen molar-refractivity contribution in [3.8, 4) is 12.3 Å². The standard InChI is InChI=1S/C11H12FNO2S/c1-4-5-13(3)16(14,15)11-7-9(2)6-10(12)8-11/h1,6-8H,5H2,2-3H3. The molecule has 0 spiro atoms. The quantitative estimate of drug-likeness (QED) is 0.750. The molecule has 0 radical (unpaired) electrons. The Hall–Kier alpha value is -1.38. The molecule has 0 aliphatic rings. The molecule has 0 unspecified atom stereocenters. The average Bonchev–Trinajstić information content (AvgIpc) is 2.16. The molecule has 0 saturated carbocycles.